The van der Waals surface area contributed by atoms with Crippen LogP contribution >= 0.6 is 0 Å². The highest BCUT2D eigenvalue weighted by atomic mass is 16.5. The Balaban J connectivity index is 2.67. The number of pyridine rings is 1. The number of rotatable bonds is 5. The monoisotopic (exact) mass is 223 g/mol. The highest BCUT2D eigenvalue weighted by molar-refractivity contribution is 5.92. The molecule has 1 aromatic rings. The van der Waals surface area contributed by atoms with Gasteiger partial charge in [-0.1, -0.05) is 0 Å². The molecule has 0 aliphatic carbocycles. The van der Waals surface area contributed by atoms with Gasteiger partial charge in [0, 0.05) is 39.6 Å². The molecule has 0 atom stereocenters. The summed E-state index contributed by atoms with van der Waals surface area (Å²) in [6.45, 7) is 1.33. The van der Waals surface area contributed by atoms with Gasteiger partial charge < -0.3 is 15.0 Å². The predicted molar refractivity (Wildman–Crippen MR) is 62.6 cm³/mol. The van der Waals surface area contributed by atoms with Crippen LogP contribution < -0.4 is 5.32 Å². The van der Waals surface area contributed by atoms with Gasteiger partial charge in [-0.2, -0.15) is 0 Å². The lowest BCUT2D eigenvalue weighted by molar-refractivity contribution is 0.0822. The molecule has 0 aromatic carbocycles. The minimum Gasteiger partial charge on any atom is -0.383 e. The average molecular weight is 223 g/mol. The molecule has 0 saturated heterocycles. The lowest BCUT2D eigenvalue weighted by Gasteiger charge is -2.11. The van der Waals surface area contributed by atoms with E-state index < -0.39 is 0 Å². The lowest BCUT2D eigenvalue weighted by atomic mass is 10.3. The molecule has 0 aliphatic heterocycles. The van der Waals surface area contributed by atoms with Crippen molar-refractivity contribution in [3.8, 4) is 0 Å². The molecule has 0 bridgehead atoms. The number of hydrogen-bond donors (Lipinski definition) is 1. The van der Waals surface area contributed by atoms with E-state index in [1.54, 1.807) is 33.5 Å². The van der Waals surface area contributed by atoms with E-state index in [1.165, 1.54) is 4.90 Å². The third kappa shape index (κ3) is 3.51. The molecule has 1 heterocycles. The molecule has 1 aromatic heterocycles. The minimum atomic E-state index is -0.101. The van der Waals surface area contributed by atoms with Crippen molar-refractivity contribution < 1.29 is 9.53 Å². The van der Waals surface area contributed by atoms with Gasteiger partial charge in [0.05, 0.1) is 6.61 Å². The second kappa shape index (κ2) is 6.07. The number of hydrogen-bond acceptors (Lipinski definition) is 4. The summed E-state index contributed by atoms with van der Waals surface area (Å²) in [7, 11) is 5.05. The Morgan fingerprint density at radius 1 is 1.56 bits per heavy atom. The van der Waals surface area contributed by atoms with Gasteiger partial charge in [0.2, 0.25) is 0 Å². The number of carbonyl (C=O) groups excluding carboxylic acids is 1. The molecule has 5 heteroatoms. The first-order valence-corrected chi connectivity index (χ1v) is 5.05. The largest absolute Gasteiger partial charge is 0.383 e. The van der Waals surface area contributed by atoms with Crippen molar-refractivity contribution in [3.63, 3.8) is 0 Å². The molecule has 0 radical (unpaired) electrons. The summed E-state index contributed by atoms with van der Waals surface area (Å²) in [5, 5.41) is 3.14. The molecule has 0 unspecified atom stereocenters. The van der Waals surface area contributed by atoms with Crippen LogP contribution in [-0.2, 0) is 4.74 Å². The van der Waals surface area contributed by atoms with Crippen LogP contribution in [0.15, 0.2) is 18.3 Å². The Hall–Kier alpha value is -1.62. The molecule has 1 N–H and O–H groups in total. The quantitative estimate of drug-likeness (QED) is 0.752. The maximum absolute atomic E-state index is 11.6. The third-order valence-corrected chi connectivity index (χ3v) is 2.02. The summed E-state index contributed by atoms with van der Waals surface area (Å²) in [5.41, 5.74) is 1.31. The van der Waals surface area contributed by atoms with E-state index in [9.17, 15) is 4.79 Å². The van der Waals surface area contributed by atoms with Crippen molar-refractivity contribution in [1.82, 2.24) is 9.88 Å². The van der Waals surface area contributed by atoms with Crippen molar-refractivity contribution in [1.29, 1.82) is 0 Å². The zero-order valence-corrected chi connectivity index (χ0v) is 9.86. The number of nitrogens with zero attached hydrogens (tertiary/aromatic N) is 2. The van der Waals surface area contributed by atoms with Crippen LogP contribution in [0.1, 0.15) is 10.5 Å². The molecule has 5 nitrogen and oxygen atoms in total. The first-order valence-electron chi connectivity index (χ1n) is 5.05. The van der Waals surface area contributed by atoms with Crippen molar-refractivity contribution in [2.75, 3.05) is 39.7 Å². The number of aromatic nitrogens is 1. The molecule has 1 amide bonds. The van der Waals surface area contributed by atoms with E-state index >= 15 is 0 Å². The van der Waals surface area contributed by atoms with E-state index in [0.717, 1.165) is 5.69 Å². The number of nitrogens with one attached hydrogen (secondary N) is 1. The molecular weight excluding hydrogens is 206 g/mol. The summed E-state index contributed by atoms with van der Waals surface area (Å²) in [6.07, 6.45) is 1.62. The zero-order chi connectivity index (χ0) is 12.0. The van der Waals surface area contributed by atoms with Crippen LogP contribution in [-0.4, -0.2) is 50.1 Å². The highest BCUT2D eigenvalue weighted by Crippen LogP contribution is 2.08. The maximum Gasteiger partial charge on any atom is 0.272 e. The maximum atomic E-state index is 11.6. The van der Waals surface area contributed by atoms with Gasteiger partial charge in [0.25, 0.3) is 5.91 Å². The average Bonchev–Trinajstić information content (AvgIpc) is 2.29. The summed E-state index contributed by atoms with van der Waals surface area (Å²) in [4.78, 5) is 17.2. The zero-order valence-electron chi connectivity index (χ0n) is 9.86. The molecule has 88 valence electrons. The lowest BCUT2D eigenvalue weighted by Crippen LogP contribution is -2.22. The Kier molecular flexibility index (Phi) is 4.72. The fourth-order valence-electron chi connectivity index (χ4n) is 1.18. The van der Waals surface area contributed by atoms with Gasteiger partial charge in [0.1, 0.15) is 5.69 Å². The fourth-order valence-corrected chi connectivity index (χ4v) is 1.18. The Morgan fingerprint density at radius 2 is 2.31 bits per heavy atom. The molecule has 1 rings (SSSR count). The van der Waals surface area contributed by atoms with Crippen molar-refractivity contribution in [2.45, 2.75) is 0 Å². The van der Waals surface area contributed by atoms with Crippen LogP contribution in [0.4, 0.5) is 5.69 Å². The smallest absolute Gasteiger partial charge is 0.272 e. The summed E-state index contributed by atoms with van der Waals surface area (Å²) < 4.78 is 4.93. The SMILES string of the molecule is COCCNc1ccnc(C(=O)N(C)C)c1. The van der Waals surface area contributed by atoms with Gasteiger partial charge in [-0.05, 0) is 12.1 Å². The summed E-state index contributed by atoms with van der Waals surface area (Å²) in [5.74, 6) is -0.101. The molecule has 0 fully saturated rings. The third-order valence-electron chi connectivity index (χ3n) is 2.02. The molecule has 0 aliphatic rings. The van der Waals surface area contributed by atoms with Crippen LogP contribution in [0.2, 0.25) is 0 Å². The number of methoxy groups -OCH3 is 1. The van der Waals surface area contributed by atoms with E-state index in [1.807, 2.05) is 6.07 Å². The van der Waals surface area contributed by atoms with Gasteiger partial charge in [0.15, 0.2) is 0 Å². The van der Waals surface area contributed by atoms with E-state index in [-0.39, 0.29) is 5.91 Å². The highest BCUT2D eigenvalue weighted by Gasteiger charge is 2.09. The van der Waals surface area contributed by atoms with Crippen LogP contribution in [0.5, 0.6) is 0 Å². The minimum absolute atomic E-state index is 0.101. The second-order valence-corrected chi connectivity index (χ2v) is 3.55. The van der Waals surface area contributed by atoms with Gasteiger partial charge in [-0.25, -0.2) is 0 Å². The first-order chi connectivity index (χ1) is 7.65. The van der Waals surface area contributed by atoms with E-state index in [0.29, 0.717) is 18.8 Å². The standard InChI is InChI=1S/C11H17N3O2/c1-14(2)11(15)10-8-9(4-5-13-10)12-6-7-16-3/h4-5,8H,6-7H2,1-3H3,(H,12,13). The normalized spacial score (nSPS) is 9.94. The Bertz CT molecular complexity index is 353. The van der Waals surface area contributed by atoms with Crippen LogP contribution in [0.25, 0.3) is 0 Å². The van der Waals surface area contributed by atoms with E-state index in [4.69, 9.17) is 4.74 Å². The summed E-state index contributed by atoms with van der Waals surface area (Å²) in [6, 6.07) is 3.56. The van der Waals surface area contributed by atoms with Crippen molar-refractivity contribution in [3.05, 3.63) is 24.0 Å². The fraction of sp³-hybridized carbons (Fsp3) is 0.455. The van der Waals surface area contributed by atoms with Gasteiger partial charge >= 0.3 is 0 Å². The Morgan fingerprint density at radius 3 is 2.94 bits per heavy atom. The second-order valence-electron chi connectivity index (χ2n) is 3.55. The molecule has 16 heavy (non-hydrogen) atoms. The van der Waals surface area contributed by atoms with Crippen LogP contribution in [0, 0.1) is 0 Å². The predicted octanol–water partition coefficient (Wildman–Crippen LogP) is 0.842. The molecule has 0 spiro atoms. The number of carbonyl (C=O) groups is 1. The Labute approximate surface area is 95.4 Å². The molecular formula is C11H17N3O2. The number of anilines is 1. The van der Waals surface area contributed by atoms with Gasteiger partial charge in [-0.15, -0.1) is 0 Å². The first kappa shape index (κ1) is 12.4. The van der Waals surface area contributed by atoms with Crippen molar-refractivity contribution in [2.24, 2.45) is 0 Å². The molecule has 0 saturated carbocycles. The van der Waals surface area contributed by atoms with E-state index in [2.05, 4.69) is 10.3 Å². The topological polar surface area (TPSA) is 54.5 Å². The number of amides is 1. The van der Waals surface area contributed by atoms with Crippen LogP contribution in [0.3, 0.4) is 0 Å². The van der Waals surface area contributed by atoms with Crippen molar-refractivity contribution >= 4 is 11.6 Å². The number of ether oxygens (including phenoxy) is 1. The summed E-state index contributed by atoms with van der Waals surface area (Å²) >= 11 is 0. The van der Waals surface area contributed by atoms with Gasteiger partial charge in [-0.3, -0.25) is 9.78 Å².